The number of hydrogen-bond donors (Lipinski definition) is 1. The van der Waals surface area contributed by atoms with Crippen molar-refractivity contribution in [1.29, 1.82) is 0 Å². The van der Waals surface area contributed by atoms with E-state index in [1.54, 1.807) is 0 Å². The van der Waals surface area contributed by atoms with Crippen LogP contribution in [0.1, 0.15) is 10.5 Å². The quantitative estimate of drug-likeness (QED) is 0.601. The lowest BCUT2D eigenvalue weighted by Gasteiger charge is -2.10. The standard InChI is InChI=1S/C21H15N3O/c25-21(22-16-11-5-2-6-12-16)20-19(15-9-3-1-4-10-15)23-17-13-7-8-14-18(17)24-20/h1-14H,(H,22,25). The van der Waals surface area contributed by atoms with Gasteiger partial charge in [0.15, 0.2) is 5.69 Å². The number of anilines is 1. The van der Waals surface area contributed by atoms with E-state index in [2.05, 4.69) is 15.3 Å². The Balaban J connectivity index is 1.84. The van der Waals surface area contributed by atoms with E-state index in [9.17, 15) is 4.79 Å². The predicted molar refractivity (Wildman–Crippen MR) is 99.4 cm³/mol. The number of carbonyl (C=O) groups is 1. The van der Waals surface area contributed by atoms with Crippen molar-refractivity contribution < 1.29 is 4.79 Å². The van der Waals surface area contributed by atoms with E-state index in [4.69, 9.17) is 0 Å². The van der Waals surface area contributed by atoms with Crippen LogP contribution in [0.4, 0.5) is 5.69 Å². The summed E-state index contributed by atoms with van der Waals surface area (Å²) in [5.41, 5.74) is 3.93. The van der Waals surface area contributed by atoms with Crippen molar-refractivity contribution in [3.8, 4) is 11.3 Å². The first kappa shape index (κ1) is 15.0. The molecule has 0 unspecified atom stereocenters. The number of hydrogen-bond acceptors (Lipinski definition) is 3. The van der Waals surface area contributed by atoms with Crippen molar-refractivity contribution in [2.45, 2.75) is 0 Å². The highest BCUT2D eigenvalue weighted by atomic mass is 16.1. The van der Waals surface area contributed by atoms with Gasteiger partial charge in [0.25, 0.3) is 5.91 Å². The van der Waals surface area contributed by atoms with Gasteiger partial charge in [-0.2, -0.15) is 0 Å². The summed E-state index contributed by atoms with van der Waals surface area (Å²) in [6, 6.07) is 26.5. The molecule has 120 valence electrons. The highest BCUT2D eigenvalue weighted by molar-refractivity contribution is 6.07. The first-order chi connectivity index (χ1) is 12.3. The van der Waals surface area contributed by atoms with Gasteiger partial charge in [0.05, 0.1) is 11.0 Å². The number of amides is 1. The molecule has 0 aliphatic carbocycles. The molecule has 4 rings (SSSR count). The average molecular weight is 325 g/mol. The van der Waals surface area contributed by atoms with Crippen molar-refractivity contribution in [1.82, 2.24) is 9.97 Å². The summed E-state index contributed by atoms with van der Waals surface area (Å²) >= 11 is 0. The Morgan fingerprint density at radius 3 is 1.92 bits per heavy atom. The Morgan fingerprint density at radius 1 is 0.680 bits per heavy atom. The smallest absolute Gasteiger partial charge is 0.276 e. The first-order valence-corrected chi connectivity index (χ1v) is 8.00. The van der Waals surface area contributed by atoms with Gasteiger partial charge < -0.3 is 5.32 Å². The molecule has 0 spiro atoms. The van der Waals surface area contributed by atoms with Crippen LogP contribution in [-0.2, 0) is 0 Å². The van der Waals surface area contributed by atoms with Gasteiger partial charge in [-0.25, -0.2) is 9.97 Å². The Hall–Kier alpha value is -3.53. The lowest BCUT2D eigenvalue weighted by Crippen LogP contribution is -2.16. The van der Waals surface area contributed by atoms with Crippen LogP contribution in [0.25, 0.3) is 22.3 Å². The number of aromatic nitrogens is 2. The minimum atomic E-state index is -0.275. The fraction of sp³-hybridized carbons (Fsp3) is 0. The first-order valence-electron chi connectivity index (χ1n) is 8.00. The minimum Gasteiger partial charge on any atom is -0.321 e. The topological polar surface area (TPSA) is 54.9 Å². The molecule has 0 aliphatic heterocycles. The number of nitrogens with one attached hydrogen (secondary N) is 1. The van der Waals surface area contributed by atoms with Gasteiger partial charge in [0.1, 0.15) is 5.69 Å². The summed E-state index contributed by atoms with van der Waals surface area (Å²) in [5.74, 6) is -0.275. The maximum atomic E-state index is 12.8. The zero-order valence-corrected chi connectivity index (χ0v) is 13.4. The SMILES string of the molecule is O=C(Nc1ccccc1)c1nc2ccccc2nc1-c1ccccc1. The predicted octanol–water partition coefficient (Wildman–Crippen LogP) is 4.55. The van der Waals surface area contributed by atoms with Gasteiger partial charge in [-0.3, -0.25) is 4.79 Å². The number of rotatable bonds is 3. The Labute approximate surface area is 145 Å². The molecular formula is C21H15N3O. The molecule has 4 nitrogen and oxygen atoms in total. The van der Waals surface area contributed by atoms with E-state index < -0.39 is 0 Å². The van der Waals surface area contributed by atoms with E-state index >= 15 is 0 Å². The highest BCUT2D eigenvalue weighted by Crippen LogP contribution is 2.24. The fourth-order valence-corrected chi connectivity index (χ4v) is 2.67. The van der Waals surface area contributed by atoms with Crippen molar-refractivity contribution in [2.24, 2.45) is 0 Å². The Kier molecular flexibility index (Phi) is 3.92. The zero-order valence-electron chi connectivity index (χ0n) is 13.4. The van der Waals surface area contributed by atoms with Crippen LogP contribution in [0, 0.1) is 0 Å². The number of nitrogens with zero attached hydrogens (tertiary/aromatic N) is 2. The monoisotopic (exact) mass is 325 g/mol. The number of para-hydroxylation sites is 3. The number of carbonyl (C=O) groups excluding carboxylic acids is 1. The van der Waals surface area contributed by atoms with Crippen LogP contribution in [0.2, 0.25) is 0 Å². The van der Waals surface area contributed by atoms with E-state index in [1.165, 1.54) is 0 Å². The molecule has 25 heavy (non-hydrogen) atoms. The molecule has 0 atom stereocenters. The van der Waals surface area contributed by atoms with Crippen LogP contribution in [0.15, 0.2) is 84.9 Å². The summed E-state index contributed by atoms with van der Waals surface area (Å²) < 4.78 is 0. The van der Waals surface area contributed by atoms with Crippen molar-refractivity contribution in [3.05, 3.63) is 90.6 Å². The second-order valence-corrected chi connectivity index (χ2v) is 5.60. The molecule has 1 aromatic heterocycles. The summed E-state index contributed by atoms with van der Waals surface area (Å²) in [6.07, 6.45) is 0. The maximum Gasteiger partial charge on any atom is 0.276 e. The van der Waals surface area contributed by atoms with E-state index in [1.807, 2.05) is 84.9 Å². The summed E-state index contributed by atoms with van der Waals surface area (Å²) in [4.78, 5) is 22.1. The third-order valence-electron chi connectivity index (χ3n) is 3.86. The molecule has 0 bridgehead atoms. The van der Waals surface area contributed by atoms with E-state index in [-0.39, 0.29) is 5.91 Å². The molecule has 4 aromatic rings. The van der Waals surface area contributed by atoms with Crippen LogP contribution >= 0.6 is 0 Å². The van der Waals surface area contributed by atoms with Crippen LogP contribution in [0.5, 0.6) is 0 Å². The molecule has 0 saturated carbocycles. The summed E-state index contributed by atoms with van der Waals surface area (Å²) in [6.45, 7) is 0. The molecule has 3 aromatic carbocycles. The summed E-state index contributed by atoms with van der Waals surface area (Å²) in [5, 5.41) is 2.89. The molecule has 0 fully saturated rings. The van der Waals surface area contributed by atoms with Crippen molar-refractivity contribution >= 4 is 22.6 Å². The molecule has 1 heterocycles. The van der Waals surface area contributed by atoms with Gasteiger partial charge in [0.2, 0.25) is 0 Å². The molecule has 0 aliphatic rings. The molecular weight excluding hydrogens is 310 g/mol. The fourth-order valence-electron chi connectivity index (χ4n) is 2.67. The van der Waals surface area contributed by atoms with Crippen LogP contribution in [0.3, 0.4) is 0 Å². The molecule has 0 radical (unpaired) electrons. The minimum absolute atomic E-state index is 0.275. The second kappa shape index (κ2) is 6.53. The lowest BCUT2D eigenvalue weighted by molar-refractivity contribution is 0.102. The van der Waals surface area contributed by atoms with Gasteiger partial charge >= 0.3 is 0 Å². The third kappa shape index (κ3) is 3.10. The second-order valence-electron chi connectivity index (χ2n) is 5.60. The van der Waals surface area contributed by atoms with Crippen molar-refractivity contribution in [3.63, 3.8) is 0 Å². The zero-order chi connectivity index (χ0) is 17.1. The third-order valence-corrected chi connectivity index (χ3v) is 3.86. The van der Waals surface area contributed by atoms with Crippen LogP contribution < -0.4 is 5.32 Å². The van der Waals surface area contributed by atoms with E-state index in [0.717, 1.165) is 16.8 Å². The van der Waals surface area contributed by atoms with Crippen molar-refractivity contribution in [2.75, 3.05) is 5.32 Å². The van der Waals surface area contributed by atoms with Gasteiger partial charge in [0, 0.05) is 11.3 Å². The van der Waals surface area contributed by atoms with Gasteiger partial charge in [-0.15, -0.1) is 0 Å². The molecule has 1 amide bonds. The summed E-state index contributed by atoms with van der Waals surface area (Å²) in [7, 11) is 0. The molecule has 0 saturated heterocycles. The van der Waals surface area contributed by atoms with Gasteiger partial charge in [-0.05, 0) is 24.3 Å². The number of benzene rings is 3. The van der Waals surface area contributed by atoms with E-state index in [0.29, 0.717) is 16.9 Å². The lowest BCUT2D eigenvalue weighted by atomic mass is 10.1. The highest BCUT2D eigenvalue weighted by Gasteiger charge is 2.18. The normalized spacial score (nSPS) is 10.6. The molecule has 4 heteroatoms. The largest absolute Gasteiger partial charge is 0.321 e. The molecule has 1 N–H and O–H groups in total. The Morgan fingerprint density at radius 2 is 1.24 bits per heavy atom. The maximum absolute atomic E-state index is 12.8. The van der Waals surface area contributed by atoms with Gasteiger partial charge in [-0.1, -0.05) is 60.7 Å². The number of fused-ring (bicyclic) bond motifs is 1. The van der Waals surface area contributed by atoms with Crippen LogP contribution in [-0.4, -0.2) is 15.9 Å². The Bertz CT molecular complexity index is 1030. The average Bonchev–Trinajstić information content (AvgIpc) is 2.68.